The highest BCUT2D eigenvalue weighted by atomic mass is 32.2. The molecular weight excluding hydrogens is 386 g/mol. The van der Waals surface area contributed by atoms with Gasteiger partial charge in [0.15, 0.2) is 5.84 Å². The van der Waals surface area contributed by atoms with Gasteiger partial charge in [-0.25, -0.2) is 0 Å². The number of nitrogens with one attached hydrogen (secondary N) is 1. The fourth-order valence-electron chi connectivity index (χ4n) is 4.15. The molecule has 2 aliphatic rings. The number of carbonyl (C=O) groups is 1. The van der Waals surface area contributed by atoms with Crippen molar-refractivity contribution in [3.05, 3.63) is 65.2 Å². The highest BCUT2D eigenvalue weighted by Gasteiger charge is 2.34. The van der Waals surface area contributed by atoms with Gasteiger partial charge in [-0.1, -0.05) is 36.4 Å². The van der Waals surface area contributed by atoms with Crippen LogP contribution >= 0.6 is 0 Å². The lowest BCUT2D eigenvalue weighted by Crippen LogP contribution is -2.43. The number of amidine groups is 1. The number of piperidine rings is 1. The number of hydrogen-bond donors (Lipinski definition) is 1. The fraction of sp³-hybridized carbons (Fsp3) is 0.364. The molecule has 1 unspecified atom stereocenters. The second-order valence-electron chi connectivity index (χ2n) is 7.73. The first-order chi connectivity index (χ1) is 13.9. The van der Waals surface area contributed by atoms with Crippen molar-refractivity contribution in [3.63, 3.8) is 0 Å². The summed E-state index contributed by atoms with van der Waals surface area (Å²) >= 11 is 0. The summed E-state index contributed by atoms with van der Waals surface area (Å²) in [5.74, 6) is 0.487. The summed E-state index contributed by atoms with van der Waals surface area (Å²) in [5, 5.41) is 3.14. The van der Waals surface area contributed by atoms with E-state index in [0.29, 0.717) is 37.3 Å². The van der Waals surface area contributed by atoms with Crippen LogP contribution < -0.4 is 5.32 Å². The van der Waals surface area contributed by atoms with Gasteiger partial charge in [-0.2, -0.15) is 8.42 Å². The first-order valence-electron chi connectivity index (χ1n) is 9.92. The monoisotopic (exact) mass is 411 g/mol. The van der Waals surface area contributed by atoms with Crippen LogP contribution in [0.2, 0.25) is 0 Å². The molecule has 1 fully saturated rings. The number of nitrogens with zero attached hydrogens (tertiary/aromatic N) is 2. The van der Waals surface area contributed by atoms with Crippen LogP contribution in [0.1, 0.15) is 42.5 Å². The molecule has 6 nitrogen and oxygen atoms in total. The molecule has 2 aromatic carbocycles. The number of aryl methyl sites for hydroxylation is 1. The van der Waals surface area contributed by atoms with E-state index in [1.165, 1.54) is 0 Å². The smallest absolute Gasteiger partial charge is 0.285 e. The zero-order valence-electron chi connectivity index (χ0n) is 16.6. The Bertz CT molecular complexity index is 1070. The molecule has 0 spiro atoms. The molecule has 2 aromatic rings. The number of hydrogen-bond acceptors (Lipinski definition) is 4. The molecule has 1 saturated heterocycles. The number of benzene rings is 2. The standard InChI is InChI=1S/C22H25N3O3S/c1-15-7-3-4-8-18(15)16(2)23-22(26)17-11-13-25(14-12-17)21-19-9-5-6-10-20(19)29(27,28)24-21/h3-10,16-17H,11-14H2,1-2H3,(H,23,26). The summed E-state index contributed by atoms with van der Waals surface area (Å²) in [6.45, 7) is 5.27. The molecule has 0 saturated carbocycles. The lowest BCUT2D eigenvalue weighted by molar-refractivity contribution is -0.126. The second kappa shape index (κ2) is 7.63. The maximum absolute atomic E-state index is 12.8. The molecule has 29 heavy (non-hydrogen) atoms. The number of amides is 1. The van der Waals surface area contributed by atoms with E-state index in [-0.39, 0.29) is 22.8 Å². The minimum Gasteiger partial charge on any atom is -0.355 e. The van der Waals surface area contributed by atoms with Crippen LogP contribution in [0.15, 0.2) is 57.8 Å². The van der Waals surface area contributed by atoms with Crippen LogP contribution in [0, 0.1) is 12.8 Å². The Hall–Kier alpha value is -2.67. The zero-order chi connectivity index (χ0) is 20.6. The van der Waals surface area contributed by atoms with E-state index in [2.05, 4.69) is 9.71 Å². The number of rotatable bonds is 3. The van der Waals surface area contributed by atoms with Gasteiger partial charge in [-0.05, 0) is 49.9 Å². The fourth-order valence-corrected chi connectivity index (χ4v) is 5.38. The summed E-state index contributed by atoms with van der Waals surface area (Å²) in [4.78, 5) is 15.0. The molecule has 0 radical (unpaired) electrons. The minimum absolute atomic E-state index is 0.0436. The van der Waals surface area contributed by atoms with Gasteiger partial charge >= 0.3 is 0 Å². The number of carbonyl (C=O) groups excluding carboxylic acids is 1. The Balaban J connectivity index is 1.40. The topological polar surface area (TPSA) is 78.8 Å². The third-order valence-corrected chi connectivity index (χ3v) is 7.12. The van der Waals surface area contributed by atoms with Crippen molar-refractivity contribution in [2.24, 2.45) is 10.3 Å². The summed E-state index contributed by atoms with van der Waals surface area (Å²) in [6, 6.07) is 14.9. The van der Waals surface area contributed by atoms with Crippen molar-refractivity contribution in [1.29, 1.82) is 0 Å². The van der Waals surface area contributed by atoms with E-state index in [1.54, 1.807) is 18.2 Å². The van der Waals surface area contributed by atoms with E-state index >= 15 is 0 Å². The van der Waals surface area contributed by atoms with E-state index in [9.17, 15) is 13.2 Å². The third kappa shape index (κ3) is 3.79. The van der Waals surface area contributed by atoms with Crippen molar-refractivity contribution in [2.45, 2.75) is 37.6 Å². The molecule has 4 rings (SSSR count). The van der Waals surface area contributed by atoms with Gasteiger partial charge in [0.1, 0.15) is 4.90 Å². The first-order valence-corrected chi connectivity index (χ1v) is 11.4. The SMILES string of the molecule is Cc1ccccc1C(C)NC(=O)C1CCN(C2=NS(=O)(=O)c3ccccc32)CC1. The van der Waals surface area contributed by atoms with Crippen LogP contribution in [-0.4, -0.2) is 38.2 Å². The van der Waals surface area contributed by atoms with Gasteiger partial charge in [0.25, 0.3) is 10.0 Å². The Morgan fingerprint density at radius 2 is 1.76 bits per heavy atom. The van der Waals surface area contributed by atoms with Gasteiger partial charge in [-0.15, -0.1) is 4.40 Å². The predicted octanol–water partition coefficient (Wildman–Crippen LogP) is 3.03. The van der Waals surface area contributed by atoms with Gasteiger partial charge in [0.2, 0.25) is 5.91 Å². The second-order valence-corrected chi connectivity index (χ2v) is 9.31. The summed E-state index contributed by atoms with van der Waals surface area (Å²) in [6.07, 6.45) is 1.35. The highest BCUT2D eigenvalue weighted by molar-refractivity contribution is 7.90. The Kier molecular flexibility index (Phi) is 5.17. The molecule has 0 aliphatic carbocycles. The number of sulfonamides is 1. The molecule has 2 aliphatic heterocycles. The molecule has 1 amide bonds. The maximum Gasteiger partial charge on any atom is 0.285 e. The highest BCUT2D eigenvalue weighted by Crippen LogP contribution is 2.30. The quantitative estimate of drug-likeness (QED) is 0.842. The van der Waals surface area contributed by atoms with E-state index in [0.717, 1.165) is 11.1 Å². The lowest BCUT2D eigenvalue weighted by atomic mass is 9.94. The van der Waals surface area contributed by atoms with E-state index < -0.39 is 10.0 Å². The molecule has 152 valence electrons. The molecule has 0 aromatic heterocycles. The van der Waals surface area contributed by atoms with Crippen LogP contribution in [0.25, 0.3) is 0 Å². The Morgan fingerprint density at radius 3 is 2.48 bits per heavy atom. The zero-order valence-corrected chi connectivity index (χ0v) is 17.4. The van der Waals surface area contributed by atoms with Gasteiger partial charge in [-0.3, -0.25) is 4.79 Å². The van der Waals surface area contributed by atoms with Gasteiger partial charge in [0, 0.05) is 24.6 Å². The van der Waals surface area contributed by atoms with Crippen LogP contribution in [-0.2, 0) is 14.8 Å². The Labute approximate surface area is 171 Å². The van der Waals surface area contributed by atoms with Crippen molar-refractivity contribution in [1.82, 2.24) is 10.2 Å². The van der Waals surface area contributed by atoms with E-state index in [4.69, 9.17) is 0 Å². The molecular formula is C22H25N3O3S. The van der Waals surface area contributed by atoms with Crippen LogP contribution in [0.3, 0.4) is 0 Å². The Morgan fingerprint density at radius 1 is 1.10 bits per heavy atom. The summed E-state index contributed by atoms with van der Waals surface area (Å²) in [5.41, 5.74) is 2.94. The van der Waals surface area contributed by atoms with Gasteiger partial charge in [0.05, 0.1) is 6.04 Å². The van der Waals surface area contributed by atoms with Crippen molar-refractivity contribution < 1.29 is 13.2 Å². The molecule has 1 atom stereocenters. The van der Waals surface area contributed by atoms with Gasteiger partial charge < -0.3 is 10.2 Å². The molecule has 0 bridgehead atoms. The molecule has 2 heterocycles. The first kappa shape index (κ1) is 19.6. The minimum atomic E-state index is -3.62. The number of likely N-dealkylation sites (tertiary alicyclic amines) is 1. The average molecular weight is 412 g/mol. The van der Waals surface area contributed by atoms with Crippen molar-refractivity contribution >= 4 is 21.8 Å². The van der Waals surface area contributed by atoms with Crippen LogP contribution in [0.4, 0.5) is 0 Å². The number of fused-ring (bicyclic) bond motifs is 1. The summed E-state index contributed by atoms with van der Waals surface area (Å²) < 4.78 is 28.6. The molecule has 7 heteroatoms. The largest absolute Gasteiger partial charge is 0.355 e. The average Bonchev–Trinajstić information content (AvgIpc) is 3.00. The predicted molar refractivity (Wildman–Crippen MR) is 112 cm³/mol. The normalized spacial score (nSPS) is 19.4. The lowest BCUT2D eigenvalue weighted by Gasteiger charge is -2.33. The van der Waals surface area contributed by atoms with Crippen molar-refractivity contribution in [3.8, 4) is 0 Å². The summed E-state index contributed by atoms with van der Waals surface area (Å²) in [7, 11) is -3.62. The van der Waals surface area contributed by atoms with Crippen LogP contribution in [0.5, 0.6) is 0 Å². The third-order valence-electron chi connectivity index (χ3n) is 5.79. The molecule has 1 N–H and O–H groups in total. The maximum atomic E-state index is 12.8. The van der Waals surface area contributed by atoms with E-state index in [1.807, 2.05) is 49.1 Å². The van der Waals surface area contributed by atoms with Crippen molar-refractivity contribution in [2.75, 3.05) is 13.1 Å².